The number of ether oxygens (including phenoxy) is 2. The Kier molecular flexibility index (Phi) is 34.5. The fourth-order valence-electron chi connectivity index (χ4n) is 6.65. The molecule has 6 N–H and O–H groups in total. The third-order valence-electron chi connectivity index (χ3n) is 10.3. The summed E-state index contributed by atoms with van der Waals surface area (Å²) in [7, 11) is 0. The van der Waals surface area contributed by atoms with Gasteiger partial charge in [0.1, 0.15) is 24.4 Å². The van der Waals surface area contributed by atoms with Gasteiger partial charge < -0.3 is 40.3 Å². The number of rotatable bonds is 36. The van der Waals surface area contributed by atoms with Crippen molar-refractivity contribution >= 4 is 5.91 Å². The largest absolute Gasteiger partial charge is 0.394 e. The monoisotopic (exact) mass is 790 g/mol. The topological polar surface area (TPSA) is 149 Å². The quantitative estimate of drug-likeness (QED) is 0.0272. The lowest BCUT2D eigenvalue weighted by molar-refractivity contribution is -0.302. The van der Waals surface area contributed by atoms with Gasteiger partial charge in [0.15, 0.2) is 6.29 Å². The van der Waals surface area contributed by atoms with Gasteiger partial charge in [0, 0.05) is 6.42 Å². The van der Waals surface area contributed by atoms with E-state index in [2.05, 4.69) is 67.8 Å². The fraction of sp³-hybridized carbons (Fsp3) is 0.766. The molecule has 0 saturated carbocycles. The number of carbonyl (C=O) groups excluding carboxylic acids is 1. The molecule has 1 aliphatic heterocycles. The van der Waals surface area contributed by atoms with E-state index in [9.17, 15) is 30.3 Å². The van der Waals surface area contributed by atoms with Crippen LogP contribution >= 0.6 is 0 Å². The molecular weight excluding hydrogens is 707 g/mol. The molecule has 9 nitrogen and oxygen atoms in total. The Morgan fingerprint density at radius 1 is 0.607 bits per heavy atom. The minimum absolute atomic E-state index is 0.203. The summed E-state index contributed by atoms with van der Waals surface area (Å²) in [5.74, 6) is -0.203. The zero-order valence-corrected chi connectivity index (χ0v) is 35.4. The molecule has 1 aliphatic rings. The molecule has 7 unspecified atom stereocenters. The molecule has 7 atom stereocenters. The Hall–Kier alpha value is -2.11. The van der Waals surface area contributed by atoms with Gasteiger partial charge in [0.25, 0.3) is 0 Å². The predicted octanol–water partition coefficient (Wildman–Crippen LogP) is 9.22. The van der Waals surface area contributed by atoms with Gasteiger partial charge in [-0.05, 0) is 70.6 Å². The number of aliphatic hydroxyl groups excluding tert-OH is 5. The van der Waals surface area contributed by atoms with Crippen LogP contribution in [-0.2, 0) is 14.3 Å². The third-order valence-corrected chi connectivity index (χ3v) is 10.3. The first-order valence-corrected chi connectivity index (χ1v) is 22.5. The molecule has 1 heterocycles. The molecule has 1 fully saturated rings. The fourth-order valence-corrected chi connectivity index (χ4v) is 6.65. The summed E-state index contributed by atoms with van der Waals surface area (Å²) in [4.78, 5) is 12.9. The minimum atomic E-state index is -1.58. The van der Waals surface area contributed by atoms with Crippen LogP contribution < -0.4 is 5.32 Å². The van der Waals surface area contributed by atoms with Crippen molar-refractivity contribution in [1.29, 1.82) is 0 Å². The second-order valence-electron chi connectivity index (χ2n) is 15.5. The molecule has 0 bridgehead atoms. The van der Waals surface area contributed by atoms with E-state index in [1.54, 1.807) is 6.08 Å². The maximum atomic E-state index is 12.9. The van der Waals surface area contributed by atoms with E-state index < -0.39 is 49.5 Å². The van der Waals surface area contributed by atoms with Crippen molar-refractivity contribution in [2.75, 3.05) is 13.2 Å². The Bertz CT molecular complexity index is 1060. The average Bonchev–Trinajstić information content (AvgIpc) is 3.20. The molecule has 1 amide bonds. The van der Waals surface area contributed by atoms with E-state index in [0.717, 1.165) is 64.2 Å². The van der Waals surface area contributed by atoms with Gasteiger partial charge in [-0.25, -0.2) is 0 Å². The highest BCUT2D eigenvalue weighted by Gasteiger charge is 2.44. The molecule has 0 aromatic carbocycles. The first kappa shape index (κ1) is 51.9. The normalized spacial score (nSPS) is 21.7. The zero-order chi connectivity index (χ0) is 40.9. The Morgan fingerprint density at radius 3 is 1.66 bits per heavy atom. The molecule has 0 radical (unpaired) electrons. The summed E-state index contributed by atoms with van der Waals surface area (Å²) in [6.07, 6.45) is 41.1. The van der Waals surface area contributed by atoms with Crippen LogP contribution in [0.4, 0.5) is 0 Å². The molecular formula is C47H83NO8. The molecule has 56 heavy (non-hydrogen) atoms. The van der Waals surface area contributed by atoms with Crippen LogP contribution in [0.3, 0.4) is 0 Å². The van der Waals surface area contributed by atoms with Crippen LogP contribution in [0.25, 0.3) is 0 Å². The van der Waals surface area contributed by atoms with Crippen molar-refractivity contribution in [3.63, 3.8) is 0 Å². The van der Waals surface area contributed by atoms with E-state index in [0.29, 0.717) is 6.42 Å². The first-order chi connectivity index (χ1) is 27.3. The smallest absolute Gasteiger partial charge is 0.220 e. The molecule has 0 aromatic rings. The molecule has 0 aromatic heterocycles. The van der Waals surface area contributed by atoms with E-state index in [1.165, 1.54) is 89.9 Å². The highest BCUT2D eigenvalue weighted by molar-refractivity contribution is 5.76. The number of hydrogen-bond donors (Lipinski definition) is 6. The number of amides is 1. The van der Waals surface area contributed by atoms with Gasteiger partial charge in [0.2, 0.25) is 5.91 Å². The van der Waals surface area contributed by atoms with Crippen molar-refractivity contribution in [2.24, 2.45) is 0 Å². The zero-order valence-electron chi connectivity index (χ0n) is 35.4. The van der Waals surface area contributed by atoms with Gasteiger partial charge >= 0.3 is 0 Å². The summed E-state index contributed by atoms with van der Waals surface area (Å²) < 4.78 is 11.2. The maximum absolute atomic E-state index is 12.9. The number of hydrogen-bond acceptors (Lipinski definition) is 8. The molecule has 9 heteroatoms. The highest BCUT2D eigenvalue weighted by Crippen LogP contribution is 2.22. The van der Waals surface area contributed by atoms with Crippen molar-refractivity contribution < 1.29 is 39.8 Å². The summed E-state index contributed by atoms with van der Waals surface area (Å²) in [6.45, 7) is 3.70. The minimum Gasteiger partial charge on any atom is -0.394 e. The lowest BCUT2D eigenvalue weighted by atomic mass is 9.99. The van der Waals surface area contributed by atoms with Gasteiger partial charge in [-0.15, -0.1) is 0 Å². The maximum Gasteiger partial charge on any atom is 0.220 e. The van der Waals surface area contributed by atoms with E-state index in [4.69, 9.17) is 9.47 Å². The van der Waals surface area contributed by atoms with Gasteiger partial charge in [-0.1, -0.05) is 158 Å². The number of allylic oxidation sites excluding steroid dienone is 9. The standard InChI is InChI=1S/C47H83NO8/c1-3-5-7-9-11-13-15-17-19-20-21-22-23-25-27-29-31-33-35-37-43(51)48-40(39-55-47-46(54)45(53)44(52)42(38-49)56-47)41(50)36-34-32-30-28-26-24-18-16-14-12-10-8-6-4-2/h11,13,17,19,21-22,26,28,34,36,40-42,44-47,49-50,52-54H,3-10,12,14-16,18,20,23-25,27,29-33,35,37-39H2,1-2H3,(H,48,51)/b13-11-,19-17-,22-21-,28-26+,36-34+. The molecule has 0 aliphatic carbocycles. The SMILES string of the molecule is CCCCC/C=C\C/C=C\C/C=C\CCCCCCCCC(=O)NC(COC1OC(CO)C(O)C(O)C1O)C(O)/C=C/CC/C=C/CCCCCCCCCC. The first-order valence-electron chi connectivity index (χ1n) is 22.5. The molecule has 1 saturated heterocycles. The number of unbranched alkanes of at least 4 members (excludes halogenated alkanes) is 18. The van der Waals surface area contributed by atoms with Crippen LogP contribution in [0.2, 0.25) is 0 Å². The second-order valence-corrected chi connectivity index (χ2v) is 15.5. The molecule has 324 valence electrons. The van der Waals surface area contributed by atoms with Crippen LogP contribution in [0.15, 0.2) is 60.8 Å². The van der Waals surface area contributed by atoms with E-state index >= 15 is 0 Å². The Morgan fingerprint density at radius 2 is 1.07 bits per heavy atom. The number of nitrogens with one attached hydrogen (secondary N) is 1. The van der Waals surface area contributed by atoms with Crippen LogP contribution in [0.5, 0.6) is 0 Å². The predicted molar refractivity (Wildman–Crippen MR) is 230 cm³/mol. The average molecular weight is 790 g/mol. The van der Waals surface area contributed by atoms with Gasteiger partial charge in [-0.3, -0.25) is 4.79 Å². The summed E-state index contributed by atoms with van der Waals surface area (Å²) >= 11 is 0. The number of carbonyl (C=O) groups is 1. The van der Waals surface area contributed by atoms with Crippen molar-refractivity contribution in [3.05, 3.63) is 60.8 Å². The lowest BCUT2D eigenvalue weighted by Gasteiger charge is -2.40. The third kappa shape index (κ3) is 27.5. The van der Waals surface area contributed by atoms with Crippen LogP contribution in [0, 0.1) is 0 Å². The van der Waals surface area contributed by atoms with E-state index in [1.807, 2.05) is 6.08 Å². The second kappa shape index (κ2) is 37.2. The van der Waals surface area contributed by atoms with E-state index in [-0.39, 0.29) is 12.5 Å². The lowest BCUT2D eigenvalue weighted by Crippen LogP contribution is -2.60. The summed E-state index contributed by atoms with van der Waals surface area (Å²) in [5, 5.41) is 54.1. The Labute approximate surface area is 341 Å². The van der Waals surface area contributed by atoms with Crippen LogP contribution in [0.1, 0.15) is 174 Å². The van der Waals surface area contributed by atoms with Gasteiger partial charge in [0.05, 0.1) is 25.4 Å². The number of aliphatic hydroxyl groups is 5. The highest BCUT2D eigenvalue weighted by atomic mass is 16.7. The Balaban J connectivity index is 2.40. The summed E-state index contributed by atoms with van der Waals surface area (Å²) in [6, 6.07) is -0.829. The molecule has 0 spiro atoms. The van der Waals surface area contributed by atoms with Crippen LogP contribution in [-0.4, -0.2) is 87.5 Å². The van der Waals surface area contributed by atoms with Crippen molar-refractivity contribution in [2.45, 2.75) is 217 Å². The van der Waals surface area contributed by atoms with Gasteiger partial charge in [-0.2, -0.15) is 0 Å². The molecule has 1 rings (SSSR count). The van der Waals surface area contributed by atoms with Crippen molar-refractivity contribution in [1.82, 2.24) is 5.32 Å². The summed E-state index contributed by atoms with van der Waals surface area (Å²) in [5.41, 5.74) is 0. The van der Waals surface area contributed by atoms with Crippen molar-refractivity contribution in [3.8, 4) is 0 Å².